The van der Waals surface area contributed by atoms with Gasteiger partial charge in [0.2, 0.25) is 0 Å². The molecule has 6 heteroatoms. The SMILES string of the molecule is CCCC(N)C(=O)ON1C(=O)c2ccccc2C1=O. The van der Waals surface area contributed by atoms with Crippen LogP contribution in [0.2, 0.25) is 0 Å². The van der Waals surface area contributed by atoms with Crippen LogP contribution < -0.4 is 5.73 Å². The molecule has 2 amide bonds. The van der Waals surface area contributed by atoms with E-state index in [2.05, 4.69) is 0 Å². The Balaban J connectivity index is 2.14. The first-order chi connectivity index (χ1) is 9.06. The van der Waals surface area contributed by atoms with Gasteiger partial charge < -0.3 is 10.6 Å². The summed E-state index contributed by atoms with van der Waals surface area (Å²) in [5.41, 5.74) is 6.03. The molecule has 2 rings (SSSR count). The van der Waals surface area contributed by atoms with Crippen LogP contribution in [0.5, 0.6) is 0 Å². The molecule has 19 heavy (non-hydrogen) atoms. The first-order valence-electron chi connectivity index (χ1n) is 6.01. The van der Waals surface area contributed by atoms with Crippen LogP contribution in [0.25, 0.3) is 0 Å². The van der Waals surface area contributed by atoms with Gasteiger partial charge in [-0.2, -0.15) is 0 Å². The van der Waals surface area contributed by atoms with Crippen LogP contribution in [0.3, 0.4) is 0 Å². The molecule has 1 aromatic rings. The molecule has 0 aliphatic carbocycles. The van der Waals surface area contributed by atoms with Crippen molar-refractivity contribution in [2.24, 2.45) is 5.73 Å². The predicted molar refractivity (Wildman–Crippen MR) is 65.9 cm³/mol. The van der Waals surface area contributed by atoms with Gasteiger partial charge in [-0.25, -0.2) is 4.79 Å². The van der Waals surface area contributed by atoms with E-state index in [0.29, 0.717) is 17.9 Å². The van der Waals surface area contributed by atoms with Crippen LogP contribution in [0.4, 0.5) is 0 Å². The van der Waals surface area contributed by atoms with Crippen LogP contribution in [0, 0.1) is 0 Å². The summed E-state index contributed by atoms with van der Waals surface area (Å²) in [6.45, 7) is 1.87. The van der Waals surface area contributed by atoms with E-state index in [9.17, 15) is 14.4 Å². The van der Waals surface area contributed by atoms with Crippen molar-refractivity contribution in [1.29, 1.82) is 0 Å². The molecular formula is C13H14N2O4. The normalized spacial score (nSPS) is 15.4. The van der Waals surface area contributed by atoms with Gasteiger partial charge in [0, 0.05) is 0 Å². The molecule has 0 aromatic heterocycles. The lowest BCUT2D eigenvalue weighted by atomic mass is 10.1. The smallest absolute Gasteiger partial charge is 0.328 e. The van der Waals surface area contributed by atoms with Crippen molar-refractivity contribution in [1.82, 2.24) is 5.06 Å². The lowest BCUT2D eigenvalue weighted by Gasteiger charge is -2.15. The minimum absolute atomic E-state index is 0.226. The molecule has 0 fully saturated rings. The fourth-order valence-electron chi connectivity index (χ4n) is 1.84. The summed E-state index contributed by atoms with van der Waals surface area (Å²) in [6, 6.07) is 5.45. The average molecular weight is 262 g/mol. The van der Waals surface area contributed by atoms with Crippen LogP contribution in [0.15, 0.2) is 24.3 Å². The lowest BCUT2D eigenvalue weighted by molar-refractivity contribution is -0.170. The number of benzene rings is 1. The molecule has 0 saturated carbocycles. The number of hydrogen-bond donors (Lipinski definition) is 1. The Morgan fingerprint density at radius 3 is 2.26 bits per heavy atom. The molecule has 1 unspecified atom stereocenters. The zero-order valence-corrected chi connectivity index (χ0v) is 10.5. The number of nitrogens with zero attached hydrogens (tertiary/aromatic N) is 1. The minimum Gasteiger partial charge on any atom is -0.328 e. The molecule has 0 saturated heterocycles. The van der Waals surface area contributed by atoms with Gasteiger partial charge in [0.25, 0.3) is 11.8 Å². The van der Waals surface area contributed by atoms with Gasteiger partial charge >= 0.3 is 5.97 Å². The van der Waals surface area contributed by atoms with Crippen LogP contribution in [-0.2, 0) is 9.63 Å². The fourth-order valence-corrected chi connectivity index (χ4v) is 1.84. The third-order valence-corrected chi connectivity index (χ3v) is 2.84. The van der Waals surface area contributed by atoms with Gasteiger partial charge in [-0.15, -0.1) is 0 Å². The molecule has 1 atom stereocenters. The maximum absolute atomic E-state index is 11.9. The zero-order valence-electron chi connectivity index (χ0n) is 10.5. The topological polar surface area (TPSA) is 89.7 Å². The maximum Gasteiger partial charge on any atom is 0.349 e. The van der Waals surface area contributed by atoms with E-state index in [4.69, 9.17) is 10.6 Å². The highest BCUT2D eigenvalue weighted by Gasteiger charge is 2.39. The van der Waals surface area contributed by atoms with Gasteiger partial charge in [-0.05, 0) is 18.6 Å². The number of hydroxylamine groups is 2. The summed E-state index contributed by atoms with van der Waals surface area (Å²) >= 11 is 0. The van der Waals surface area contributed by atoms with Crippen molar-refractivity contribution in [3.05, 3.63) is 35.4 Å². The summed E-state index contributed by atoms with van der Waals surface area (Å²) in [4.78, 5) is 40.3. The molecule has 1 heterocycles. The molecule has 100 valence electrons. The van der Waals surface area contributed by atoms with Crippen molar-refractivity contribution in [3.8, 4) is 0 Å². The number of rotatable bonds is 4. The van der Waals surface area contributed by atoms with E-state index in [-0.39, 0.29) is 11.1 Å². The number of fused-ring (bicyclic) bond motifs is 1. The van der Waals surface area contributed by atoms with Crippen LogP contribution in [-0.4, -0.2) is 28.9 Å². The molecule has 2 N–H and O–H groups in total. The van der Waals surface area contributed by atoms with Crippen LogP contribution in [0.1, 0.15) is 40.5 Å². The second-order valence-electron chi connectivity index (χ2n) is 4.26. The quantitative estimate of drug-likeness (QED) is 0.813. The molecule has 1 aliphatic heterocycles. The van der Waals surface area contributed by atoms with Crippen molar-refractivity contribution >= 4 is 17.8 Å². The van der Waals surface area contributed by atoms with Crippen LogP contribution >= 0.6 is 0 Å². The van der Waals surface area contributed by atoms with Crippen molar-refractivity contribution in [3.63, 3.8) is 0 Å². The fraction of sp³-hybridized carbons (Fsp3) is 0.308. The van der Waals surface area contributed by atoms with Gasteiger partial charge in [0.1, 0.15) is 6.04 Å². The summed E-state index contributed by atoms with van der Waals surface area (Å²) in [5.74, 6) is -2.06. The van der Waals surface area contributed by atoms with Crippen molar-refractivity contribution < 1.29 is 19.2 Å². The van der Waals surface area contributed by atoms with Gasteiger partial charge in [0.05, 0.1) is 11.1 Å². The van der Waals surface area contributed by atoms with E-state index in [0.717, 1.165) is 0 Å². The first kappa shape index (κ1) is 13.2. The maximum atomic E-state index is 11.9. The summed E-state index contributed by atoms with van der Waals surface area (Å²) in [7, 11) is 0. The zero-order chi connectivity index (χ0) is 14.0. The molecule has 0 bridgehead atoms. The van der Waals surface area contributed by atoms with E-state index in [1.165, 1.54) is 12.1 Å². The second-order valence-corrected chi connectivity index (χ2v) is 4.26. The van der Waals surface area contributed by atoms with Gasteiger partial charge in [-0.3, -0.25) is 9.59 Å². The second kappa shape index (κ2) is 5.19. The Morgan fingerprint density at radius 1 is 1.26 bits per heavy atom. The van der Waals surface area contributed by atoms with Gasteiger partial charge in [-0.1, -0.05) is 30.5 Å². The Bertz CT molecular complexity index is 506. The summed E-state index contributed by atoms with van der Waals surface area (Å²) in [5, 5.41) is 0.475. The highest BCUT2D eigenvalue weighted by molar-refractivity contribution is 6.20. The molecule has 1 aliphatic rings. The van der Waals surface area contributed by atoms with E-state index in [1.54, 1.807) is 12.1 Å². The largest absolute Gasteiger partial charge is 0.349 e. The first-order valence-corrected chi connectivity index (χ1v) is 6.01. The van der Waals surface area contributed by atoms with Crippen molar-refractivity contribution in [2.45, 2.75) is 25.8 Å². The number of hydrogen-bond acceptors (Lipinski definition) is 5. The standard InChI is InChI=1S/C13H14N2O4/c1-2-5-10(14)13(18)19-15-11(16)8-6-3-4-7-9(8)12(15)17/h3-4,6-7,10H,2,5,14H2,1H3. The number of carbonyl (C=O) groups excluding carboxylic acids is 3. The number of carbonyl (C=O) groups is 3. The molecule has 6 nitrogen and oxygen atoms in total. The Kier molecular flexibility index (Phi) is 3.62. The number of amides is 2. The predicted octanol–water partition coefficient (Wildman–Crippen LogP) is 0.868. The Hall–Kier alpha value is -2.21. The Morgan fingerprint density at radius 2 is 1.79 bits per heavy atom. The third-order valence-electron chi connectivity index (χ3n) is 2.84. The minimum atomic E-state index is -0.839. The van der Waals surface area contributed by atoms with Crippen molar-refractivity contribution in [2.75, 3.05) is 0 Å². The monoisotopic (exact) mass is 262 g/mol. The highest BCUT2D eigenvalue weighted by Crippen LogP contribution is 2.22. The number of imide groups is 1. The van der Waals surface area contributed by atoms with E-state index in [1.807, 2.05) is 6.92 Å². The number of nitrogens with two attached hydrogens (primary N) is 1. The highest BCUT2D eigenvalue weighted by atomic mass is 16.7. The Labute approximate surface area is 110 Å². The van der Waals surface area contributed by atoms with Gasteiger partial charge in [0.15, 0.2) is 0 Å². The lowest BCUT2D eigenvalue weighted by Crippen LogP contribution is -2.40. The molecule has 1 aromatic carbocycles. The molecule has 0 spiro atoms. The third kappa shape index (κ3) is 2.34. The average Bonchev–Trinajstić information content (AvgIpc) is 2.65. The molecular weight excluding hydrogens is 248 g/mol. The summed E-state index contributed by atoms with van der Waals surface area (Å²) < 4.78 is 0. The van der Waals surface area contributed by atoms with E-state index < -0.39 is 23.8 Å². The van der Waals surface area contributed by atoms with E-state index >= 15 is 0 Å². The summed E-state index contributed by atoms with van der Waals surface area (Å²) in [6.07, 6.45) is 1.14. The molecule has 0 radical (unpaired) electrons.